The maximum Gasteiger partial charge on any atom is 0.0707 e. The first-order valence-corrected chi connectivity index (χ1v) is 6.12. The highest BCUT2D eigenvalue weighted by Gasteiger charge is 2.05. The number of nitrogens with zero attached hydrogens (tertiary/aromatic N) is 1. The van der Waals surface area contributed by atoms with Gasteiger partial charge in [-0.3, -0.25) is 4.99 Å². The van der Waals surface area contributed by atoms with Gasteiger partial charge < -0.3 is 5.11 Å². The second kappa shape index (κ2) is 7.86. The van der Waals surface area contributed by atoms with Gasteiger partial charge in [-0.1, -0.05) is 27.7 Å². The van der Waals surface area contributed by atoms with Crippen molar-refractivity contribution in [3.8, 4) is 0 Å². The summed E-state index contributed by atoms with van der Waals surface area (Å²) in [7, 11) is 0. The molecule has 0 amide bonds. The van der Waals surface area contributed by atoms with Gasteiger partial charge in [0.1, 0.15) is 0 Å². The van der Waals surface area contributed by atoms with Crippen LogP contribution in [0.15, 0.2) is 4.99 Å². The Bertz CT molecular complexity index is 183. The molecule has 2 nitrogen and oxygen atoms in total. The third kappa shape index (κ3) is 9.92. The molecule has 0 aromatic rings. The third-order valence-corrected chi connectivity index (χ3v) is 2.23. The third-order valence-electron chi connectivity index (χ3n) is 2.23. The van der Waals surface area contributed by atoms with Gasteiger partial charge in [-0.05, 0) is 38.0 Å². The van der Waals surface area contributed by atoms with Crippen molar-refractivity contribution >= 4 is 5.71 Å². The van der Waals surface area contributed by atoms with Crippen LogP contribution >= 0.6 is 0 Å². The molecule has 0 aliphatic rings. The summed E-state index contributed by atoms with van der Waals surface area (Å²) in [6.45, 7) is 11.3. The molecule has 0 aromatic carbocycles. The molecule has 0 saturated carbocycles. The summed E-state index contributed by atoms with van der Waals surface area (Å²) in [6, 6.07) is 0. The summed E-state index contributed by atoms with van der Waals surface area (Å²) < 4.78 is 0. The van der Waals surface area contributed by atoms with Crippen molar-refractivity contribution in [2.75, 3.05) is 6.54 Å². The van der Waals surface area contributed by atoms with Crippen molar-refractivity contribution in [1.29, 1.82) is 0 Å². The Balaban J connectivity index is 4.11. The number of aliphatic hydroxyl groups is 1. The number of aliphatic hydroxyl groups excluding tert-OH is 1. The van der Waals surface area contributed by atoms with Gasteiger partial charge in [-0.15, -0.1) is 0 Å². The van der Waals surface area contributed by atoms with Crippen molar-refractivity contribution in [2.24, 2.45) is 16.8 Å². The van der Waals surface area contributed by atoms with Crippen LogP contribution in [0.5, 0.6) is 0 Å². The van der Waals surface area contributed by atoms with E-state index in [0.717, 1.165) is 18.8 Å². The Morgan fingerprint density at radius 1 is 1.07 bits per heavy atom. The van der Waals surface area contributed by atoms with Crippen molar-refractivity contribution < 1.29 is 5.11 Å². The molecule has 2 heteroatoms. The van der Waals surface area contributed by atoms with Gasteiger partial charge in [0.05, 0.1) is 12.6 Å². The van der Waals surface area contributed by atoms with Crippen LogP contribution in [0.2, 0.25) is 0 Å². The van der Waals surface area contributed by atoms with Crippen LogP contribution in [-0.2, 0) is 0 Å². The van der Waals surface area contributed by atoms with E-state index in [0.29, 0.717) is 12.5 Å². The van der Waals surface area contributed by atoms with E-state index in [-0.39, 0.29) is 6.10 Å². The van der Waals surface area contributed by atoms with Gasteiger partial charge in [0.25, 0.3) is 0 Å². The zero-order chi connectivity index (χ0) is 11.8. The summed E-state index contributed by atoms with van der Waals surface area (Å²) >= 11 is 0. The van der Waals surface area contributed by atoms with Gasteiger partial charge in [-0.25, -0.2) is 0 Å². The maximum absolute atomic E-state index is 9.21. The van der Waals surface area contributed by atoms with Crippen LogP contribution in [0, 0.1) is 11.8 Å². The highest BCUT2D eigenvalue weighted by molar-refractivity contribution is 5.84. The van der Waals surface area contributed by atoms with Crippen LogP contribution in [0.25, 0.3) is 0 Å². The molecule has 1 unspecified atom stereocenters. The van der Waals surface area contributed by atoms with E-state index in [2.05, 4.69) is 32.7 Å². The molecule has 0 spiro atoms. The lowest BCUT2D eigenvalue weighted by Gasteiger charge is -2.11. The van der Waals surface area contributed by atoms with E-state index in [4.69, 9.17) is 0 Å². The molecule has 0 aromatic heterocycles. The fourth-order valence-corrected chi connectivity index (χ4v) is 1.43. The molecule has 1 atom stereocenters. The minimum atomic E-state index is -0.314. The first-order valence-electron chi connectivity index (χ1n) is 6.12. The number of rotatable bonds is 7. The number of aliphatic imine (C=N–C) groups is 1. The van der Waals surface area contributed by atoms with Gasteiger partial charge in [0, 0.05) is 5.71 Å². The highest BCUT2D eigenvalue weighted by atomic mass is 16.3. The molecule has 15 heavy (non-hydrogen) atoms. The summed E-state index contributed by atoms with van der Waals surface area (Å²) in [5.74, 6) is 1.39. The van der Waals surface area contributed by atoms with E-state index < -0.39 is 0 Å². The maximum atomic E-state index is 9.21. The molecule has 90 valence electrons. The van der Waals surface area contributed by atoms with Crippen LogP contribution < -0.4 is 0 Å². The monoisotopic (exact) mass is 213 g/mol. The molecular formula is C13H27NO. The van der Waals surface area contributed by atoms with Crippen LogP contribution in [0.4, 0.5) is 0 Å². The Hall–Kier alpha value is -0.370. The van der Waals surface area contributed by atoms with Crippen LogP contribution in [-0.4, -0.2) is 23.5 Å². The Kier molecular flexibility index (Phi) is 7.67. The number of hydrogen-bond acceptors (Lipinski definition) is 2. The fraction of sp³-hybridized carbons (Fsp3) is 0.923. The van der Waals surface area contributed by atoms with Gasteiger partial charge in [0.15, 0.2) is 0 Å². The predicted molar refractivity (Wildman–Crippen MR) is 67.5 cm³/mol. The molecular weight excluding hydrogens is 186 g/mol. The smallest absolute Gasteiger partial charge is 0.0707 e. The molecule has 1 N–H and O–H groups in total. The molecule has 0 heterocycles. The molecule has 0 aliphatic heterocycles. The topological polar surface area (TPSA) is 32.6 Å². The lowest BCUT2D eigenvalue weighted by molar-refractivity contribution is 0.204. The summed E-state index contributed by atoms with van der Waals surface area (Å²) in [4.78, 5) is 4.50. The molecule has 0 aliphatic carbocycles. The minimum absolute atomic E-state index is 0.314. The van der Waals surface area contributed by atoms with Crippen molar-refractivity contribution in [1.82, 2.24) is 0 Å². The molecule has 0 fully saturated rings. The summed E-state index contributed by atoms with van der Waals surface area (Å²) in [6.07, 6.45) is 3.04. The van der Waals surface area contributed by atoms with E-state index in [9.17, 15) is 5.11 Å². The standard InChI is InChI=1S/C13H27NO/c1-10(2)6-7-13(8-11(3)4)14-9-12(5)15/h10-12,15H,6-9H2,1-5H3. The Morgan fingerprint density at radius 2 is 1.67 bits per heavy atom. The minimum Gasteiger partial charge on any atom is -0.391 e. The SMILES string of the molecule is CC(C)CCC(CC(C)C)=NCC(C)O. The fourth-order valence-electron chi connectivity index (χ4n) is 1.43. The molecule has 0 radical (unpaired) electrons. The summed E-state index contributed by atoms with van der Waals surface area (Å²) in [5, 5.41) is 9.21. The van der Waals surface area contributed by atoms with E-state index in [1.54, 1.807) is 6.92 Å². The van der Waals surface area contributed by atoms with E-state index in [1.807, 2.05) is 0 Å². The lowest BCUT2D eigenvalue weighted by atomic mass is 9.99. The second-order valence-corrected chi connectivity index (χ2v) is 5.29. The first-order chi connectivity index (χ1) is 6.91. The Labute approximate surface area is 94.8 Å². The largest absolute Gasteiger partial charge is 0.391 e. The molecule has 0 saturated heterocycles. The van der Waals surface area contributed by atoms with E-state index in [1.165, 1.54) is 12.1 Å². The van der Waals surface area contributed by atoms with Crippen molar-refractivity contribution in [3.63, 3.8) is 0 Å². The normalized spacial score (nSPS) is 15.1. The molecule has 0 bridgehead atoms. The molecule has 0 rings (SSSR count). The zero-order valence-electron chi connectivity index (χ0n) is 11.0. The van der Waals surface area contributed by atoms with Crippen LogP contribution in [0.1, 0.15) is 53.9 Å². The zero-order valence-corrected chi connectivity index (χ0v) is 11.0. The predicted octanol–water partition coefficient (Wildman–Crippen LogP) is 3.29. The van der Waals surface area contributed by atoms with Gasteiger partial charge in [0.2, 0.25) is 0 Å². The number of hydrogen-bond donors (Lipinski definition) is 1. The first kappa shape index (κ1) is 14.6. The lowest BCUT2D eigenvalue weighted by Crippen LogP contribution is -2.10. The van der Waals surface area contributed by atoms with Gasteiger partial charge in [-0.2, -0.15) is 0 Å². The quantitative estimate of drug-likeness (QED) is 0.647. The highest BCUT2D eigenvalue weighted by Crippen LogP contribution is 2.11. The van der Waals surface area contributed by atoms with Crippen molar-refractivity contribution in [2.45, 2.75) is 60.0 Å². The van der Waals surface area contributed by atoms with Crippen molar-refractivity contribution in [3.05, 3.63) is 0 Å². The van der Waals surface area contributed by atoms with Crippen LogP contribution in [0.3, 0.4) is 0 Å². The average Bonchev–Trinajstić information content (AvgIpc) is 2.08. The average molecular weight is 213 g/mol. The summed E-state index contributed by atoms with van der Waals surface area (Å²) in [5.41, 5.74) is 1.28. The second-order valence-electron chi connectivity index (χ2n) is 5.29. The van der Waals surface area contributed by atoms with Gasteiger partial charge >= 0.3 is 0 Å². The Morgan fingerprint density at radius 3 is 2.07 bits per heavy atom. The van der Waals surface area contributed by atoms with E-state index >= 15 is 0 Å².